The van der Waals surface area contributed by atoms with Gasteiger partial charge in [-0.1, -0.05) is 32.6 Å². The average Bonchev–Trinajstić information content (AvgIpc) is 2.93. The van der Waals surface area contributed by atoms with Crippen molar-refractivity contribution in [3.8, 4) is 5.75 Å². The Labute approximate surface area is 185 Å². The van der Waals surface area contributed by atoms with Crippen molar-refractivity contribution in [1.82, 2.24) is 10.6 Å². The lowest BCUT2D eigenvalue weighted by Crippen LogP contribution is -2.40. The topological polar surface area (TPSA) is 76.6 Å². The fraction of sp³-hybridized carbons (Fsp3) is 0.238. The summed E-state index contributed by atoms with van der Waals surface area (Å²) in [5, 5.41) is 18.8. The third kappa shape index (κ3) is 3.95. The number of fused-ring (bicyclic) bond motifs is 1. The van der Waals surface area contributed by atoms with Gasteiger partial charge in [0.2, 0.25) is 0 Å². The number of benzene rings is 2. The first kappa shape index (κ1) is 21.9. The number of rotatable bonds is 3. The number of phenols is 1. The number of halogens is 1. The lowest BCUT2D eigenvalue weighted by atomic mass is 9.83. The van der Waals surface area contributed by atoms with Crippen LogP contribution in [0.4, 0.5) is 26.2 Å². The smallest absolute Gasteiger partial charge is 0.325 e. The van der Waals surface area contributed by atoms with Crippen LogP contribution in [0.25, 0.3) is 4.91 Å². The molecule has 0 saturated heterocycles. The van der Waals surface area contributed by atoms with Gasteiger partial charge in [0.25, 0.3) is 0 Å². The van der Waals surface area contributed by atoms with E-state index in [1.54, 1.807) is 19.2 Å². The van der Waals surface area contributed by atoms with E-state index in [9.17, 15) is 14.3 Å². The molecular formula is C21H23FN4O2S2. The van der Waals surface area contributed by atoms with Gasteiger partial charge in [0.1, 0.15) is 11.6 Å². The quantitative estimate of drug-likeness (QED) is 0.355. The van der Waals surface area contributed by atoms with E-state index in [2.05, 4.69) is 35.2 Å². The summed E-state index contributed by atoms with van der Waals surface area (Å²) in [6.45, 7) is 8.15. The summed E-state index contributed by atoms with van der Waals surface area (Å²) < 4.78 is 14.7. The third-order valence-corrected chi connectivity index (χ3v) is 5.45. The first-order valence-corrected chi connectivity index (χ1v) is 10.0. The SMILES string of the molecule is C=C(S)c1c(F)cc(O)c2c1C(C)(C)CN2c1ccccc1NC(=O)NC(=S)NC. The van der Waals surface area contributed by atoms with Crippen LogP contribution < -0.4 is 20.9 Å². The molecule has 0 aromatic heterocycles. The Balaban J connectivity index is 2.11. The van der Waals surface area contributed by atoms with Gasteiger partial charge in [-0.25, -0.2) is 9.18 Å². The first-order valence-electron chi connectivity index (χ1n) is 9.17. The van der Waals surface area contributed by atoms with Gasteiger partial charge in [-0.3, -0.25) is 5.32 Å². The van der Waals surface area contributed by atoms with Crippen LogP contribution in [0.3, 0.4) is 0 Å². The van der Waals surface area contributed by atoms with Crippen molar-refractivity contribution < 1.29 is 14.3 Å². The number of thiol groups is 1. The minimum absolute atomic E-state index is 0.183. The molecule has 0 spiro atoms. The number of hydrogen-bond acceptors (Lipinski definition) is 5. The Morgan fingerprint density at radius 1 is 1.37 bits per heavy atom. The van der Waals surface area contributed by atoms with E-state index in [1.807, 2.05) is 30.9 Å². The predicted octanol–water partition coefficient (Wildman–Crippen LogP) is 4.49. The van der Waals surface area contributed by atoms with Crippen LogP contribution in [-0.4, -0.2) is 29.8 Å². The van der Waals surface area contributed by atoms with E-state index in [-0.39, 0.29) is 21.3 Å². The number of phenolic OH excluding ortho intramolecular Hbond substituents is 1. The zero-order chi connectivity index (χ0) is 22.2. The van der Waals surface area contributed by atoms with E-state index >= 15 is 0 Å². The standard InChI is InChI=1S/C21H23FN4O2S2/c1-11(29)16-12(22)9-15(27)18-17(16)21(2,3)10-26(18)14-8-6-5-7-13(14)24-19(28)25-20(30)23-4/h5-9,27,29H,1,10H2,2-4H3,(H3,23,24,25,28,30). The summed E-state index contributed by atoms with van der Waals surface area (Å²) in [6.07, 6.45) is 0. The molecule has 0 aliphatic carbocycles. The van der Waals surface area contributed by atoms with Gasteiger partial charge in [0.05, 0.1) is 17.1 Å². The highest BCUT2D eigenvalue weighted by molar-refractivity contribution is 7.90. The van der Waals surface area contributed by atoms with E-state index in [0.29, 0.717) is 29.2 Å². The molecule has 2 aromatic carbocycles. The van der Waals surface area contributed by atoms with Crippen LogP contribution >= 0.6 is 24.8 Å². The van der Waals surface area contributed by atoms with Crippen molar-refractivity contribution in [3.63, 3.8) is 0 Å². The maximum absolute atomic E-state index is 14.7. The maximum Gasteiger partial charge on any atom is 0.325 e. The van der Waals surface area contributed by atoms with Crippen LogP contribution in [0.15, 0.2) is 36.9 Å². The van der Waals surface area contributed by atoms with Gasteiger partial charge in [-0.15, -0.1) is 12.6 Å². The molecule has 30 heavy (non-hydrogen) atoms. The normalized spacial score (nSPS) is 14.1. The second-order valence-electron chi connectivity index (χ2n) is 7.57. The lowest BCUT2D eigenvalue weighted by Gasteiger charge is -2.25. The molecular weight excluding hydrogens is 423 g/mol. The summed E-state index contributed by atoms with van der Waals surface area (Å²) in [5.41, 5.74) is 2.00. The molecule has 0 unspecified atom stereocenters. The average molecular weight is 447 g/mol. The van der Waals surface area contributed by atoms with Crippen molar-refractivity contribution in [3.05, 3.63) is 53.9 Å². The Kier molecular flexibility index (Phi) is 5.96. The zero-order valence-electron chi connectivity index (χ0n) is 16.8. The predicted molar refractivity (Wildman–Crippen MR) is 126 cm³/mol. The molecule has 0 radical (unpaired) electrons. The number of aromatic hydroxyl groups is 1. The molecule has 2 amide bonds. The molecule has 0 saturated carbocycles. The molecule has 2 aromatic rings. The van der Waals surface area contributed by atoms with Gasteiger partial charge in [0, 0.05) is 35.5 Å². The van der Waals surface area contributed by atoms with Crippen LogP contribution in [-0.2, 0) is 5.41 Å². The van der Waals surface area contributed by atoms with Gasteiger partial charge in [-0.05, 0) is 29.9 Å². The van der Waals surface area contributed by atoms with Gasteiger partial charge in [0.15, 0.2) is 5.11 Å². The Morgan fingerprint density at radius 2 is 2.03 bits per heavy atom. The molecule has 0 atom stereocenters. The number of para-hydroxylation sites is 2. The van der Waals surface area contributed by atoms with Crippen molar-refractivity contribution in [1.29, 1.82) is 0 Å². The van der Waals surface area contributed by atoms with E-state index in [1.165, 1.54) is 0 Å². The van der Waals surface area contributed by atoms with Crippen molar-refractivity contribution >= 4 is 58.0 Å². The lowest BCUT2D eigenvalue weighted by molar-refractivity contribution is 0.256. The second-order valence-corrected chi connectivity index (χ2v) is 8.52. The molecule has 4 N–H and O–H groups in total. The van der Waals surface area contributed by atoms with Crippen molar-refractivity contribution in [2.45, 2.75) is 19.3 Å². The monoisotopic (exact) mass is 446 g/mol. The molecule has 0 fully saturated rings. The van der Waals surface area contributed by atoms with Crippen molar-refractivity contribution in [2.24, 2.45) is 0 Å². The van der Waals surface area contributed by atoms with Crippen LogP contribution in [0.1, 0.15) is 25.0 Å². The molecule has 0 bridgehead atoms. The number of anilines is 3. The van der Waals surface area contributed by atoms with Crippen LogP contribution in [0.2, 0.25) is 0 Å². The molecule has 1 aliphatic heterocycles. The molecule has 6 nitrogen and oxygen atoms in total. The van der Waals surface area contributed by atoms with E-state index < -0.39 is 17.3 Å². The minimum Gasteiger partial charge on any atom is -0.506 e. The number of hydrogen-bond donors (Lipinski definition) is 5. The van der Waals surface area contributed by atoms with Gasteiger partial charge in [-0.2, -0.15) is 0 Å². The Bertz CT molecular complexity index is 1060. The van der Waals surface area contributed by atoms with E-state index in [4.69, 9.17) is 12.2 Å². The number of carbonyl (C=O) groups excluding carboxylic acids is 1. The van der Waals surface area contributed by atoms with Gasteiger partial charge < -0.3 is 20.6 Å². The number of carbonyl (C=O) groups is 1. The minimum atomic E-state index is -0.576. The molecule has 1 aliphatic rings. The highest BCUT2D eigenvalue weighted by atomic mass is 32.1. The van der Waals surface area contributed by atoms with Gasteiger partial charge >= 0.3 is 6.03 Å². The zero-order valence-corrected chi connectivity index (χ0v) is 18.5. The number of nitrogens with zero attached hydrogens (tertiary/aromatic N) is 1. The first-order chi connectivity index (χ1) is 14.1. The summed E-state index contributed by atoms with van der Waals surface area (Å²) in [6, 6.07) is 7.71. The molecule has 1 heterocycles. The highest BCUT2D eigenvalue weighted by Gasteiger charge is 2.42. The maximum atomic E-state index is 14.7. The number of urea groups is 1. The number of amides is 2. The summed E-state index contributed by atoms with van der Waals surface area (Å²) in [4.78, 5) is 14.4. The fourth-order valence-corrected chi connectivity index (χ4v) is 4.04. The largest absolute Gasteiger partial charge is 0.506 e. The van der Waals surface area contributed by atoms with Crippen LogP contribution in [0.5, 0.6) is 5.75 Å². The molecule has 9 heteroatoms. The summed E-state index contributed by atoms with van der Waals surface area (Å²) in [5.74, 6) is -0.769. The number of nitrogens with one attached hydrogen (secondary N) is 3. The molecule has 158 valence electrons. The second kappa shape index (κ2) is 8.16. The van der Waals surface area contributed by atoms with Crippen molar-refractivity contribution in [2.75, 3.05) is 23.8 Å². The third-order valence-electron chi connectivity index (χ3n) is 4.92. The molecule has 3 rings (SSSR count). The Hall–Kier alpha value is -2.78. The Morgan fingerprint density at radius 3 is 2.67 bits per heavy atom. The summed E-state index contributed by atoms with van der Waals surface area (Å²) in [7, 11) is 1.61. The van der Waals surface area contributed by atoms with E-state index in [0.717, 1.165) is 6.07 Å². The number of thiocarbonyl (C=S) groups is 1. The highest BCUT2D eigenvalue weighted by Crippen LogP contribution is 2.53. The van der Waals surface area contributed by atoms with Crippen LogP contribution in [0, 0.1) is 5.82 Å². The summed E-state index contributed by atoms with van der Waals surface area (Å²) >= 11 is 9.23. The fourth-order valence-electron chi connectivity index (χ4n) is 3.73.